The number of carbonyl (C=O) groups excluding carboxylic acids is 2. The van der Waals surface area contributed by atoms with Gasteiger partial charge in [-0.25, -0.2) is 4.79 Å². The first kappa shape index (κ1) is 19.6. The first-order chi connectivity index (χ1) is 15.0. The lowest BCUT2D eigenvalue weighted by atomic mass is 10.0. The van der Waals surface area contributed by atoms with Gasteiger partial charge < -0.3 is 14.6 Å². The number of ether oxygens (including phenoxy) is 1. The van der Waals surface area contributed by atoms with Crippen LogP contribution in [0.5, 0.6) is 0 Å². The summed E-state index contributed by atoms with van der Waals surface area (Å²) < 4.78 is 7.11. The van der Waals surface area contributed by atoms with E-state index in [1.807, 2.05) is 44.3 Å². The Hall–Kier alpha value is -3.39. The van der Waals surface area contributed by atoms with Gasteiger partial charge in [-0.05, 0) is 38.0 Å². The average Bonchev–Trinajstić information content (AvgIpc) is 3.38. The van der Waals surface area contributed by atoms with Gasteiger partial charge in [0, 0.05) is 36.1 Å². The number of aryl methyl sites for hydroxylation is 2. The van der Waals surface area contributed by atoms with Crippen LogP contribution in [-0.2, 0) is 23.0 Å². The molecule has 8 heteroatoms. The minimum absolute atomic E-state index is 0.128. The third-order valence-corrected chi connectivity index (χ3v) is 6.82. The van der Waals surface area contributed by atoms with Crippen LogP contribution < -0.4 is 0 Å². The Morgan fingerprint density at radius 3 is 2.84 bits per heavy atom. The number of thiophene rings is 1. The molecule has 0 unspecified atom stereocenters. The summed E-state index contributed by atoms with van der Waals surface area (Å²) in [4.78, 5) is 32.8. The second-order valence-electron chi connectivity index (χ2n) is 7.57. The molecule has 0 spiro atoms. The van der Waals surface area contributed by atoms with Gasteiger partial charge in [-0.15, -0.1) is 11.3 Å². The zero-order chi connectivity index (χ0) is 21.7. The average molecular weight is 435 g/mol. The van der Waals surface area contributed by atoms with Crippen molar-refractivity contribution >= 4 is 49.9 Å². The van der Waals surface area contributed by atoms with E-state index >= 15 is 0 Å². The Balaban J connectivity index is 1.59. The molecule has 0 fully saturated rings. The number of aromatic amines is 1. The van der Waals surface area contributed by atoms with Crippen LogP contribution in [0.1, 0.15) is 33.5 Å². The molecule has 0 aliphatic carbocycles. The molecule has 0 radical (unpaired) electrons. The lowest BCUT2D eigenvalue weighted by Gasteiger charge is -2.16. The fourth-order valence-electron chi connectivity index (χ4n) is 4.18. The highest BCUT2D eigenvalue weighted by Gasteiger charge is 2.28. The molecule has 5 rings (SSSR count). The highest BCUT2D eigenvalue weighted by molar-refractivity contribution is 7.20. The summed E-state index contributed by atoms with van der Waals surface area (Å²) in [5.41, 5.74) is 3.99. The van der Waals surface area contributed by atoms with Gasteiger partial charge in [0.2, 0.25) is 0 Å². The highest BCUT2D eigenvalue weighted by Crippen LogP contribution is 2.33. The van der Waals surface area contributed by atoms with Crippen LogP contribution in [0.2, 0.25) is 0 Å². The van der Waals surface area contributed by atoms with E-state index in [9.17, 15) is 9.59 Å². The summed E-state index contributed by atoms with van der Waals surface area (Å²) in [6.07, 6.45) is 2.27. The zero-order valence-corrected chi connectivity index (χ0v) is 18.4. The second kappa shape index (κ2) is 7.39. The maximum Gasteiger partial charge on any atom is 0.341 e. The van der Waals surface area contributed by atoms with Gasteiger partial charge in [0.1, 0.15) is 4.83 Å². The number of carbonyl (C=O) groups is 2. The van der Waals surface area contributed by atoms with Crippen LogP contribution in [0.4, 0.5) is 0 Å². The Morgan fingerprint density at radius 2 is 2.06 bits per heavy atom. The molecule has 31 heavy (non-hydrogen) atoms. The van der Waals surface area contributed by atoms with E-state index in [-0.39, 0.29) is 12.5 Å². The number of rotatable bonds is 3. The monoisotopic (exact) mass is 434 g/mol. The molecule has 1 N–H and O–H groups in total. The highest BCUT2D eigenvalue weighted by atomic mass is 32.1. The first-order valence-corrected chi connectivity index (χ1v) is 11.0. The normalized spacial score (nSPS) is 13.9. The van der Waals surface area contributed by atoms with E-state index in [4.69, 9.17) is 4.74 Å². The molecule has 0 saturated heterocycles. The molecule has 0 bridgehead atoms. The van der Waals surface area contributed by atoms with Gasteiger partial charge in [0.05, 0.1) is 28.4 Å². The predicted molar refractivity (Wildman–Crippen MR) is 121 cm³/mol. The van der Waals surface area contributed by atoms with E-state index in [1.165, 1.54) is 11.3 Å². The molecular weight excluding hydrogens is 412 g/mol. The Labute approximate surface area is 182 Å². The number of esters is 1. The van der Waals surface area contributed by atoms with Gasteiger partial charge in [-0.3, -0.25) is 9.48 Å². The lowest BCUT2D eigenvalue weighted by molar-refractivity contribution is -0.136. The molecule has 4 aromatic rings. The van der Waals surface area contributed by atoms with Gasteiger partial charge >= 0.3 is 5.97 Å². The number of fused-ring (bicyclic) bond motifs is 4. The van der Waals surface area contributed by atoms with Crippen molar-refractivity contribution in [1.82, 2.24) is 19.7 Å². The van der Waals surface area contributed by atoms with Gasteiger partial charge in [0.25, 0.3) is 5.91 Å². The van der Waals surface area contributed by atoms with Crippen molar-refractivity contribution in [1.29, 1.82) is 0 Å². The summed E-state index contributed by atoms with van der Waals surface area (Å²) >= 11 is 1.42. The third-order valence-electron chi connectivity index (χ3n) is 5.63. The van der Waals surface area contributed by atoms with Crippen LogP contribution in [0.15, 0.2) is 36.5 Å². The molecule has 1 aliphatic heterocycles. The van der Waals surface area contributed by atoms with Gasteiger partial charge in [-0.2, -0.15) is 5.10 Å². The van der Waals surface area contributed by atoms with Crippen LogP contribution in [0.3, 0.4) is 0 Å². The fourth-order valence-corrected chi connectivity index (χ4v) is 5.26. The topological polar surface area (TPSA) is 80.2 Å². The Morgan fingerprint density at radius 1 is 1.26 bits per heavy atom. The molecule has 3 aromatic heterocycles. The summed E-state index contributed by atoms with van der Waals surface area (Å²) in [5, 5.41) is 6.45. The lowest BCUT2D eigenvalue weighted by Crippen LogP contribution is -2.27. The zero-order valence-electron chi connectivity index (χ0n) is 17.6. The number of hydrogen-bond donors (Lipinski definition) is 1. The number of para-hydroxylation sites is 1. The maximum absolute atomic E-state index is 13.4. The largest absolute Gasteiger partial charge is 0.462 e. The van der Waals surface area contributed by atoms with E-state index in [0.29, 0.717) is 23.4 Å². The molecule has 0 saturated carbocycles. The predicted octanol–water partition coefficient (Wildman–Crippen LogP) is 4.03. The number of aromatic nitrogens is 3. The van der Waals surface area contributed by atoms with Crippen LogP contribution in [0.25, 0.3) is 26.7 Å². The fraction of sp³-hybridized carbons (Fsp3) is 0.261. The van der Waals surface area contributed by atoms with Crippen molar-refractivity contribution in [2.45, 2.75) is 20.3 Å². The van der Waals surface area contributed by atoms with Crippen LogP contribution in [-0.4, -0.2) is 44.7 Å². The van der Waals surface area contributed by atoms with Gasteiger partial charge in [0.15, 0.2) is 0 Å². The minimum atomic E-state index is -0.439. The van der Waals surface area contributed by atoms with Crippen molar-refractivity contribution in [2.24, 2.45) is 7.05 Å². The van der Waals surface area contributed by atoms with E-state index in [2.05, 4.69) is 10.1 Å². The first-order valence-electron chi connectivity index (χ1n) is 10.2. The number of nitrogens with one attached hydrogen (secondary N) is 1. The SMILES string of the molecule is CCOC(=O)C1=CN(C(=O)c2cc3c(C)nn(C)c3s2)CCc2c1[nH]c1ccccc21. The number of H-pyrrole nitrogens is 1. The number of amides is 1. The summed E-state index contributed by atoms with van der Waals surface area (Å²) in [6.45, 7) is 4.45. The van der Waals surface area contributed by atoms with Crippen molar-refractivity contribution in [3.63, 3.8) is 0 Å². The van der Waals surface area contributed by atoms with Crippen molar-refractivity contribution in [3.05, 3.63) is 58.4 Å². The van der Waals surface area contributed by atoms with E-state index in [0.717, 1.165) is 38.1 Å². The third kappa shape index (κ3) is 3.14. The van der Waals surface area contributed by atoms with Gasteiger partial charge in [-0.1, -0.05) is 18.2 Å². The molecule has 4 heterocycles. The summed E-state index contributed by atoms with van der Waals surface area (Å²) in [7, 11) is 1.88. The maximum atomic E-state index is 13.4. The molecule has 1 aliphatic rings. The molecule has 1 aromatic carbocycles. The standard InChI is InChI=1S/C23H22N4O3S/c1-4-30-23(29)17-12-27(10-9-15-14-7-5-6-8-18(14)24-20(15)17)21(28)19-11-16-13(2)25-26(3)22(16)31-19/h5-8,11-12,24H,4,9-10H2,1-3H3. The van der Waals surface area contributed by atoms with E-state index < -0.39 is 5.97 Å². The summed E-state index contributed by atoms with van der Waals surface area (Å²) in [6, 6.07) is 9.85. The molecule has 1 amide bonds. The Bertz CT molecular complexity index is 1340. The second-order valence-corrected chi connectivity index (χ2v) is 8.61. The minimum Gasteiger partial charge on any atom is -0.462 e. The van der Waals surface area contributed by atoms with Crippen molar-refractivity contribution in [2.75, 3.05) is 13.2 Å². The van der Waals surface area contributed by atoms with Crippen molar-refractivity contribution in [3.8, 4) is 0 Å². The number of benzene rings is 1. The van der Waals surface area contributed by atoms with Crippen LogP contribution >= 0.6 is 11.3 Å². The quantitative estimate of drug-likeness (QED) is 0.494. The Kier molecular flexibility index (Phi) is 4.66. The molecule has 7 nitrogen and oxygen atoms in total. The number of hydrogen-bond acceptors (Lipinski definition) is 5. The molecule has 158 valence electrons. The van der Waals surface area contributed by atoms with Crippen molar-refractivity contribution < 1.29 is 14.3 Å². The molecular formula is C23H22N4O3S. The number of nitrogens with zero attached hydrogens (tertiary/aromatic N) is 3. The molecule has 0 atom stereocenters. The smallest absolute Gasteiger partial charge is 0.341 e. The summed E-state index contributed by atoms with van der Waals surface area (Å²) in [5.74, 6) is -0.566. The van der Waals surface area contributed by atoms with E-state index in [1.54, 1.807) is 22.7 Å². The van der Waals surface area contributed by atoms with Crippen LogP contribution in [0, 0.1) is 6.92 Å².